The highest BCUT2D eigenvalue weighted by Gasteiger charge is 2.18. The molecule has 0 aliphatic heterocycles. The molecule has 0 fully saturated rings. The zero-order valence-electron chi connectivity index (χ0n) is 7.98. The Labute approximate surface area is 84.8 Å². The van der Waals surface area contributed by atoms with Gasteiger partial charge in [0.05, 0.1) is 16.0 Å². The van der Waals surface area contributed by atoms with Gasteiger partial charge in [-0.25, -0.2) is 0 Å². The third-order valence-corrected chi connectivity index (χ3v) is 2.14. The van der Waals surface area contributed by atoms with Crippen LogP contribution in [0.3, 0.4) is 0 Å². The maximum atomic E-state index is 10.7. The number of anilines is 1. The molecule has 0 unspecified atom stereocenters. The number of benzene rings is 1. The van der Waals surface area contributed by atoms with Gasteiger partial charge >= 0.3 is 5.69 Å². The van der Waals surface area contributed by atoms with E-state index in [0.717, 1.165) is 0 Å². The summed E-state index contributed by atoms with van der Waals surface area (Å²) in [5, 5.41) is 11.3. The van der Waals surface area contributed by atoms with Crippen molar-refractivity contribution < 1.29 is 9.34 Å². The second kappa shape index (κ2) is 3.25. The number of nitrogens with zero attached hydrogens (tertiary/aromatic N) is 1. The van der Waals surface area contributed by atoms with Crippen LogP contribution in [-0.4, -0.2) is 4.92 Å². The monoisotopic (exact) mass is 207 g/mol. The molecule has 6 nitrogen and oxygen atoms in total. The lowest BCUT2D eigenvalue weighted by Crippen LogP contribution is -2.06. The van der Waals surface area contributed by atoms with Crippen LogP contribution in [0.5, 0.6) is 0 Å². The maximum Gasteiger partial charge on any atom is 0.312 e. The summed E-state index contributed by atoms with van der Waals surface area (Å²) in [6, 6.07) is 4.62. The van der Waals surface area contributed by atoms with Crippen LogP contribution in [0.15, 0.2) is 22.6 Å². The smallest absolute Gasteiger partial charge is 0.312 e. The SMILES string of the molecule is Cc1cc2c(NN)ccc([N+](=O)[O-])c2o1. The van der Waals surface area contributed by atoms with Gasteiger partial charge in [0, 0.05) is 6.07 Å². The fourth-order valence-electron chi connectivity index (χ4n) is 1.50. The van der Waals surface area contributed by atoms with Gasteiger partial charge in [0.15, 0.2) is 0 Å². The molecule has 0 amide bonds. The van der Waals surface area contributed by atoms with E-state index in [0.29, 0.717) is 16.8 Å². The van der Waals surface area contributed by atoms with Gasteiger partial charge in [0.2, 0.25) is 5.58 Å². The molecule has 0 bridgehead atoms. The van der Waals surface area contributed by atoms with Crippen molar-refractivity contribution in [1.82, 2.24) is 0 Å². The van der Waals surface area contributed by atoms with E-state index in [1.54, 1.807) is 19.1 Å². The van der Waals surface area contributed by atoms with Gasteiger partial charge in [-0.1, -0.05) is 0 Å². The number of nitrogens with one attached hydrogen (secondary N) is 1. The fraction of sp³-hybridized carbons (Fsp3) is 0.111. The molecule has 0 saturated carbocycles. The minimum Gasteiger partial charge on any atom is -0.454 e. The number of non-ortho nitro benzene ring substituents is 1. The van der Waals surface area contributed by atoms with Gasteiger partial charge in [-0.15, -0.1) is 0 Å². The summed E-state index contributed by atoms with van der Waals surface area (Å²) in [7, 11) is 0. The Morgan fingerprint density at radius 3 is 2.87 bits per heavy atom. The van der Waals surface area contributed by atoms with Gasteiger partial charge in [-0.05, 0) is 19.1 Å². The van der Waals surface area contributed by atoms with E-state index in [4.69, 9.17) is 10.3 Å². The quantitative estimate of drug-likeness (QED) is 0.445. The standard InChI is InChI=1S/C9H9N3O3/c1-5-4-6-7(11-10)2-3-8(12(13)14)9(6)15-5/h2-4,11H,10H2,1H3. The predicted octanol–water partition coefficient (Wildman–Crippen LogP) is 1.94. The van der Waals surface area contributed by atoms with Crippen LogP contribution < -0.4 is 11.3 Å². The lowest BCUT2D eigenvalue weighted by Gasteiger charge is -2.00. The summed E-state index contributed by atoms with van der Waals surface area (Å²) in [5.41, 5.74) is 3.26. The van der Waals surface area contributed by atoms with Crippen molar-refractivity contribution in [1.29, 1.82) is 0 Å². The lowest BCUT2D eigenvalue weighted by atomic mass is 10.2. The molecule has 15 heavy (non-hydrogen) atoms. The minimum absolute atomic E-state index is 0.0582. The summed E-state index contributed by atoms with van der Waals surface area (Å²) in [4.78, 5) is 10.2. The molecule has 6 heteroatoms. The molecular weight excluding hydrogens is 198 g/mol. The average Bonchev–Trinajstić information content (AvgIpc) is 2.56. The number of aryl methyl sites for hydroxylation is 1. The summed E-state index contributed by atoms with van der Waals surface area (Å²) in [5.74, 6) is 5.90. The summed E-state index contributed by atoms with van der Waals surface area (Å²) >= 11 is 0. The molecular formula is C9H9N3O3. The number of hydrazine groups is 1. The molecule has 0 aliphatic rings. The number of rotatable bonds is 2. The number of nitro groups is 1. The third kappa shape index (κ3) is 1.40. The van der Waals surface area contributed by atoms with Crippen LogP contribution in [-0.2, 0) is 0 Å². The summed E-state index contributed by atoms with van der Waals surface area (Å²) in [6.45, 7) is 1.73. The molecule has 0 aliphatic carbocycles. The Kier molecular flexibility index (Phi) is 2.05. The van der Waals surface area contributed by atoms with E-state index < -0.39 is 4.92 Å². The molecule has 0 saturated heterocycles. The fourth-order valence-corrected chi connectivity index (χ4v) is 1.50. The van der Waals surface area contributed by atoms with Crippen molar-refractivity contribution in [3.63, 3.8) is 0 Å². The molecule has 2 rings (SSSR count). The predicted molar refractivity (Wildman–Crippen MR) is 55.4 cm³/mol. The lowest BCUT2D eigenvalue weighted by molar-refractivity contribution is -0.383. The van der Waals surface area contributed by atoms with Gasteiger partial charge < -0.3 is 9.84 Å². The number of hydrogen-bond donors (Lipinski definition) is 2. The first-order valence-electron chi connectivity index (χ1n) is 4.27. The van der Waals surface area contributed by atoms with Gasteiger partial charge in [-0.2, -0.15) is 0 Å². The van der Waals surface area contributed by atoms with Gasteiger partial charge in [-0.3, -0.25) is 16.0 Å². The highest BCUT2D eigenvalue weighted by molar-refractivity contribution is 5.96. The van der Waals surface area contributed by atoms with Crippen molar-refractivity contribution in [3.05, 3.63) is 34.1 Å². The van der Waals surface area contributed by atoms with Crippen LogP contribution in [0.2, 0.25) is 0 Å². The Morgan fingerprint density at radius 2 is 2.27 bits per heavy atom. The molecule has 1 aromatic heterocycles. The van der Waals surface area contributed by atoms with Crippen LogP contribution in [0.1, 0.15) is 5.76 Å². The van der Waals surface area contributed by atoms with Crippen molar-refractivity contribution in [2.24, 2.45) is 5.84 Å². The highest BCUT2D eigenvalue weighted by atomic mass is 16.6. The van der Waals surface area contributed by atoms with Crippen LogP contribution in [0, 0.1) is 17.0 Å². The number of fused-ring (bicyclic) bond motifs is 1. The van der Waals surface area contributed by atoms with Crippen molar-refractivity contribution in [2.45, 2.75) is 6.92 Å². The molecule has 2 aromatic rings. The molecule has 0 atom stereocenters. The molecule has 1 heterocycles. The Hall–Kier alpha value is -2.08. The second-order valence-corrected chi connectivity index (χ2v) is 3.13. The zero-order valence-corrected chi connectivity index (χ0v) is 7.98. The van der Waals surface area contributed by atoms with Crippen molar-refractivity contribution in [2.75, 3.05) is 5.43 Å². The van der Waals surface area contributed by atoms with E-state index >= 15 is 0 Å². The first-order chi connectivity index (χ1) is 7.13. The molecule has 3 N–H and O–H groups in total. The first kappa shape index (κ1) is 9.47. The van der Waals surface area contributed by atoms with Crippen molar-refractivity contribution in [3.8, 4) is 0 Å². The minimum atomic E-state index is -0.481. The Morgan fingerprint density at radius 1 is 1.53 bits per heavy atom. The summed E-state index contributed by atoms with van der Waals surface area (Å²) in [6.07, 6.45) is 0. The van der Waals surface area contributed by atoms with Crippen LogP contribution >= 0.6 is 0 Å². The summed E-state index contributed by atoms with van der Waals surface area (Å²) < 4.78 is 5.27. The van der Waals surface area contributed by atoms with Crippen LogP contribution in [0.25, 0.3) is 11.0 Å². The number of nitrogens with two attached hydrogens (primary N) is 1. The Balaban J connectivity index is 2.82. The van der Waals surface area contributed by atoms with E-state index in [-0.39, 0.29) is 11.3 Å². The van der Waals surface area contributed by atoms with E-state index in [1.165, 1.54) is 6.07 Å². The molecule has 0 spiro atoms. The van der Waals surface area contributed by atoms with Gasteiger partial charge in [0.1, 0.15) is 5.76 Å². The topological polar surface area (TPSA) is 94.3 Å². The van der Waals surface area contributed by atoms with Crippen molar-refractivity contribution >= 4 is 22.3 Å². The first-order valence-corrected chi connectivity index (χ1v) is 4.27. The highest BCUT2D eigenvalue weighted by Crippen LogP contribution is 2.33. The number of hydrogen-bond acceptors (Lipinski definition) is 5. The zero-order chi connectivity index (χ0) is 11.0. The average molecular weight is 207 g/mol. The largest absolute Gasteiger partial charge is 0.454 e. The maximum absolute atomic E-state index is 10.7. The third-order valence-electron chi connectivity index (χ3n) is 2.14. The molecule has 0 radical (unpaired) electrons. The molecule has 78 valence electrons. The van der Waals surface area contributed by atoms with E-state index in [2.05, 4.69) is 5.43 Å². The number of furan rings is 1. The Bertz CT molecular complexity index is 533. The number of nitro benzene ring substituents is 1. The second-order valence-electron chi connectivity index (χ2n) is 3.13. The molecule has 1 aromatic carbocycles. The number of nitrogen functional groups attached to an aromatic ring is 1. The normalized spacial score (nSPS) is 10.5. The van der Waals surface area contributed by atoms with E-state index in [9.17, 15) is 10.1 Å². The van der Waals surface area contributed by atoms with Crippen LogP contribution in [0.4, 0.5) is 11.4 Å². The van der Waals surface area contributed by atoms with Gasteiger partial charge in [0.25, 0.3) is 0 Å². The van der Waals surface area contributed by atoms with E-state index in [1.807, 2.05) is 0 Å².